The van der Waals surface area contributed by atoms with Crippen molar-refractivity contribution in [2.45, 2.75) is 0 Å². The second kappa shape index (κ2) is 3.56. The number of nitrogens with zero attached hydrogens (tertiary/aromatic N) is 2. The van der Waals surface area contributed by atoms with Crippen LogP contribution in [0.15, 0.2) is 29.8 Å². The topological polar surface area (TPSA) is 36.7 Å². The van der Waals surface area contributed by atoms with E-state index >= 15 is 0 Å². The third-order valence-electron chi connectivity index (χ3n) is 1.76. The van der Waals surface area contributed by atoms with Crippen molar-refractivity contribution in [3.63, 3.8) is 0 Å². The van der Waals surface area contributed by atoms with Gasteiger partial charge in [0.1, 0.15) is 10.8 Å². The van der Waals surface area contributed by atoms with Crippen LogP contribution in [0, 0.1) is 17.1 Å². The lowest BCUT2D eigenvalue weighted by Gasteiger charge is -1.98. The molecule has 0 N–H and O–H groups in total. The molecule has 0 radical (unpaired) electrons. The first kappa shape index (κ1) is 8.85. The van der Waals surface area contributed by atoms with E-state index in [4.69, 9.17) is 5.26 Å². The lowest BCUT2D eigenvalue weighted by Crippen LogP contribution is -1.84. The van der Waals surface area contributed by atoms with Crippen LogP contribution in [0.2, 0.25) is 0 Å². The molecule has 0 aliphatic rings. The Morgan fingerprint density at radius 3 is 2.86 bits per heavy atom. The van der Waals surface area contributed by atoms with E-state index in [9.17, 15) is 4.39 Å². The number of benzene rings is 1. The highest BCUT2D eigenvalue weighted by atomic mass is 32.1. The third-order valence-corrected chi connectivity index (χ3v) is 2.57. The Bertz CT molecular complexity index is 485. The van der Waals surface area contributed by atoms with Gasteiger partial charge in [-0.3, -0.25) is 0 Å². The largest absolute Gasteiger partial charge is 0.244 e. The van der Waals surface area contributed by atoms with Crippen molar-refractivity contribution in [2.75, 3.05) is 0 Å². The van der Waals surface area contributed by atoms with Gasteiger partial charge < -0.3 is 0 Å². The molecule has 0 aliphatic carbocycles. The fourth-order valence-corrected chi connectivity index (χ4v) is 1.78. The molecule has 1 aromatic heterocycles. The van der Waals surface area contributed by atoms with Crippen molar-refractivity contribution in [1.82, 2.24) is 4.98 Å². The van der Waals surface area contributed by atoms with Crippen LogP contribution in [0.1, 0.15) is 5.56 Å². The Balaban J connectivity index is 2.52. The van der Waals surface area contributed by atoms with Gasteiger partial charge in [-0.2, -0.15) is 5.26 Å². The van der Waals surface area contributed by atoms with Gasteiger partial charge in [-0.25, -0.2) is 9.37 Å². The molecule has 2 rings (SSSR count). The summed E-state index contributed by atoms with van der Waals surface area (Å²) in [6.45, 7) is 0. The Kier molecular flexibility index (Phi) is 2.25. The van der Waals surface area contributed by atoms with E-state index in [1.807, 2.05) is 6.07 Å². The molecular formula is C10H5FN2S. The van der Waals surface area contributed by atoms with Gasteiger partial charge in [0.25, 0.3) is 0 Å². The van der Waals surface area contributed by atoms with Crippen LogP contribution in [-0.4, -0.2) is 4.98 Å². The van der Waals surface area contributed by atoms with Gasteiger partial charge in [0, 0.05) is 17.1 Å². The van der Waals surface area contributed by atoms with E-state index in [1.165, 1.54) is 17.4 Å². The number of halogens is 1. The molecule has 0 bridgehead atoms. The second-order valence-corrected chi connectivity index (χ2v) is 3.54. The average Bonchev–Trinajstić information content (AvgIpc) is 2.70. The van der Waals surface area contributed by atoms with Crippen LogP contribution in [0.25, 0.3) is 10.6 Å². The second-order valence-electron chi connectivity index (χ2n) is 2.64. The minimum Gasteiger partial charge on any atom is -0.244 e. The minimum atomic E-state index is -0.404. The van der Waals surface area contributed by atoms with E-state index in [2.05, 4.69) is 4.98 Å². The minimum absolute atomic E-state index is 0.322. The zero-order valence-electron chi connectivity index (χ0n) is 7.07. The summed E-state index contributed by atoms with van der Waals surface area (Å²) in [5, 5.41) is 11.0. The smallest absolute Gasteiger partial charge is 0.134 e. The average molecular weight is 204 g/mol. The molecule has 0 saturated heterocycles. The lowest BCUT2D eigenvalue weighted by atomic mass is 10.1. The fraction of sp³-hybridized carbons (Fsp3) is 0. The molecule has 0 saturated carbocycles. The van der Waals surface area contributed by atoms with Crippen molar-refractivity contribution in [3.05, 3.63) is 41.2 Å². The van der Waals surface area contributed by atoms with Gasteiger partial charge in [0.15, 0.2) is 0 Å². The monoisotopic (exact) mass is 204 g/mol. The van der Waals surface area contributed by atoms with Crippen molar-refractivity contribution in [1.29, 1.82) is 5.26 Å². The van der Waals surface area contributed by atoms with Gasteiger partial charge in [0.2, 0.25) is 0 Å². The molecule has 0 atom stereocenters. The summed E-state index contributed by atoms with van der Waals surface area (Å²) in [4.78, 5) is 4.00. The van der Waals surface area contributed by atoms with Crippen molar-refractivity contribution >= 4 is 11.3 Å². The van der Waals surface area contributed by atoms with E-state index in [1.54, 1.807) is 23.7 Å². The number of hydrogen-bond donors (Lipinski definition) is 0. The summed E-state index contributed by atoms with van der Waals surface area (Å²) >= 11 is 1.37. The first-order valence-corrected chi connectivity index (χ1v) is 4.79. The number of thiazole rings is 1. The van der Waals surface area contributed by atoms with Crippen LogP contribution < -0.4 is 0 Å². The SMILES string of the molecule is N#Cc1ccc(-c2nccs2)c(F)c1. The van der Waals surface area contributed by atoms with Gasteiger partial charge in [-0.05, 0) is 18.2 Å². The zero-order chi connectivity index (χ0) is 9.97. The quantitative estimate of drug-likeness (QED) is 0.716. The molecule has 4 heteroatoms. The summed E-state index contributed by atoms with van der Waals surface area (Å²) in [5.74, 6) is -0.404. The molecule has 1 aromatic carbocycles. The van der Waals surface area contributed by atoms with Gasteiger partial charge in [-0.15, -0.1) is 11.3 Å². The van der Waals surface area contributed by atoms with E-state index in [0.29, 0.717) is 16.1 Å². The van der Waals surface area contributed by atoms with Crippen LogP contribution in [0.3, 0.4) is 0 Å². The molecular weight excluding hydrogens is 199 g/mol. The van der Waals surface area contributed by atoms with Crippen LogP contribution in [0.4, 0.5) is 4.39 Å². The molecule has 68 valence electrons. The standard InChI is InChI=1S/C10H5FN2S/c11-9-5-7(6-12)1-2-8(9)10-13-3-4-14-10/h1-5H. The van der Waals surface area contributed by atoms with Crippen LogP contribution >= 0.6 is 11.3 Å². The van der Waals surface area contributed by atoms with E-state index in [0.717, 1.165) is 0 Å². The zero-order valence-corrected chi connectivity index (χ0v) is 7.88. The van der Waals surface area contributed by atoms with Gasteiger partial charge >= 0.3 is 0 Å². The molecule has 0 unspecified atom stereocenters. The molecule has 14 heavy (non-hydrogen) atoms. The predicted octanol–water partition coefficient (Wildman–Crippen LogP) is 2.82. The van der Waals surface area contributed by atoms with Crippen molar-refractivity contribution in [3.8, 4) is 16.6 Å². The maximum atomic E-state index is 13.4. The summed E-state index contributed by atoms with van der Waals surface area (Å²) < 4.78 is 13.4. The molecule has 0 aliphatic heterocycles. The first-order valence-electron chi connectivity index (χ1n) is 3.91. The fourth-order valence-electron chi connectivity index (χ4n) is 1.11. The Hall–Kier alpha value is -1.73. The highest BCUT2D eigenvalue weighted by molar-refractivity contribution is 7.13. The Morgan fingerprint density at radius 2 is 2.29 bits per heavy atom. The maximum Gasteiger partial charge on any atom is 0.134 e. The number of rotatable bonds is 1. The molecule has 2 nitrogen and oxygen atoms in total. The van der Waals surface area contributed by atoms with Crippen molar-refractivity contribution < 1.29 is 4.39 Å². The highest BCUT2D eigenvalue weighted by Crippen LogP contribution is 2.24. The molecule has 1 heterocycles. The Labute approximate surface area is 84.3 Å². The summed E-state index contributed by atoms with van der Waals surface area (Å²) in [6.07, 6.45) is 1.62. The first-order chi connectivity index (χ1) is 6.81. The number of nitriles is 1. The number of aromatic nitrogens is 1. The third kappa shape index (κ3) is 1.50. The Morgan fingerprint density at radius 1 is 1.43 bits per heavy atom. The van der Waals surface area contributed by atoms with Gasteiger partial charge in [-0.1, -0.05) is 0 Å². The predicted molar refractivity (Wildman–Crippen MR) is 52.2 cm³/mol. The normalized spacial score (nSPS) is 9.71. The molecule has 0 amide bonds. The van der Waals surface area contributed by atoms with E-state index in [-0.39, 0.29) is 0 Å². The van der Waals surface area contributed by atoms with Crippen LogP contribution in [-0.2, 0) is 0 Å². The summed E-state index contributed by atoms with van der Waals surface area (Å²) in [7, 11) is 0. The molecule has 2 aromatic rings. The molecule has 0 spiro atoms. The van der Waals surface area contributed by atoms with Crippen LogP contribution in [0.5, 0.6) is 0 Å². The van der Waals surface area contributed by atoms with Crippen molar-refractivity contribution in [2.24, 2.45) is 0 Å². The van der Waals surface area contributed by atoms with Gasteiger partial charge in [0.05, 0.1) is 11.6 Å². The summed E-state index contributed by atoms with van der Waals surface area (Å²) in [5.41, 5.74) is 0.766. The highest BCUT2D eigenvalue weighted by Gasteiger charge is 2.07. The van der Waals surface area contributed by atoms with E-state index < -0.39 is 5.82 Å². The number of hydrogen-bond acceptors (Lipinski definition) is 3. The lowest BCUT2D eigenvalue weighted by molar-refractivity contribution is 0.630. The maximum absolute atomic E-state index is 13.4. The molecule has 0 fully saturated rings. The summed E-state index contributed by atoms with van der Waals surface area (Å²) in [6, 6.07) is 6.26.